The standard InChI is InChI=1S/C15H18N2O6S/c1-19-10-7-9(8-11(20-2)13(10)22-4)14-16-17-15(23-14)24-6-5-12(18)21-3/h7-8H,5-6H2,1-4H3. The van der Waals surface area contributed by atoms with E-state index in [1.165, 1.54) is 40.2 Å². The molecule has 0 aliphatic heterocycles. The van der Waals surface area contributed by atoms with E-state index in [-0.39, 0.29) is 12.4 Å². The maximum atomic E-state index is 11.1. The molecule has 0 N–H and O–H groups in total. The van der Waals surface area contributed by atoms with E-state index < -0.39 is 0 Å². The second-order valence-corrected chi connectivity index (χ2v) is 5.51. The topological polar surface area (TPSA) is 92.9 Å². The third-order valence-corrected chi connectivity index (χ3v) is 3.90. The van der Waals surface area contributed by atoms with Crippen LogP contribution in [0.2, 0.25) is 0 Å². The summed E-state index contributed by atoms with van der Waals surface area (Å²) in [6.07, 6.45) is 0.267. The van der Waals surface area contributed by atoms with E-state index in [0.717, 1.165) is 0 Å². The lowest BCUT2D eigenvalue weighted by Crippen LogP contribution is -2.00. The molecule has 130 valence electrons. The van der Waals surface area contributed by atoms with Crippen LogP contribution in [0.4, 0.5) is 0 Å². The molecule has 0 aliphatic rings. The Balaban J connectivity index is 2.18. The van der Waals surface area contributed by atoms with Crippen LogP contribution >= 0.6 is 11.8 Å². The lowest BCUT2D eigenvalue weighted by molar-refractivity contribution is -0.140. The van der Waals surface area contributed by atoms with E-state index >= 15 is 0 Å². The Morgan fingerprint density at radius 2 is 1.75 bits per heavy atom. The monoisotopic (exact) mass is 354 g/mol. The van der Waals surface area contributed by atoms with E-state index in [2.05, 4.69) is 14.9 Å². The van der Waals surface area contributed by atoms with Gasteiger partial charge >= 0.3 is 5.97 Å². The number of carbonyl (C=O) groups is 1. The van der Waals surface area contributed by atoms with Crippen molar-refractivity contribution in [3.8, 4) is 28.7 Å². The summed E-state index contributed by atoms with van der Waals surface area (Å²) in [5, 5.41) is 8.32. The summed E-state index contributed by atoms with van der Waals surface area (Å²) >= 11 is 1.28. The fourth-order valence-corrected chi connectivity index (χ4v) is 2.59. The molecule has 2 aromatic rings. The average Bonchev–Trinajstić information content (AvgIpc) is 3.08. The predicted octanol–water partition coefficient (Wildman–Crippen LogP) is 2.42. The third kappa shape index (κ3) is 4.10. The van der Waals surface area contributed by atoms with E-state index in [4.69, 9.17) is 18.6 Å². The number of ether oxygens (including phenoxy) is 4. The van der Waals surface area contributed by atoms with Crippen LogP contribution in [-0.2, 0) is 9.53 Å². The lowest BCUT2D eigenvalue weighted by atomic mass is 10.2. The molecule has 0 atom stereocenters. The highest BCUT2D eigenvalue weighted by atomic mass is 32.2. The summed E-state index contributed by atoms with van der Waals surface area (Å²) in [6.45, 7) is 0. The molecule has 0 fully saturated rings. The summed E-state index contributed by atoms with van der Waals surface area (Å²) in [5.74, 6) is 1.98. The van der Waals surface area contributed by atoms with Gasteiger partial charge in [0.25, 0.3) is 5.22 Å². The summed E-state index contributed by atoms with van der Waals surface area (Å²) in [6, 6.07) is 3.44. The van der Waals surface area contributed by atoms with Gasteiger partial charge in [0.1, 0.15) is 0 Å². The zero-order chi connectivity index (χ0) is 17.5. The Morgan fingerprint density at radius 1 is 1.08 bits per heavy atom. The van der Waals surface area contributed by atoms with Crippen molar-refractivity contribution < 1.29 is 28.2 Å². The van der Waals surface area contributed by atoms with Gasteiger partial charge in [-0.15, -0.1) is 10.2 Å². The SMILES string of the molecule is COC(=O)CCSc1nnc(-c2cc(OC)c(OC)c(OC)c2)o1. The van der Waals surface area contributed by atoms with Crippen molar-refractivity contribution in [2.45, 2.75) is 11.6 Å². The van der Waals surface area contributed by atoms with E-state index in [1.807, 2.05) is 0 Å². The maximum Gasteiger partial charge on any atom is 0.306 e. The largest absolute Gasteiger partial charge is 0.493 e. The average molecular weight is 354 g/mol. The van der Waals surface area contributed by atoms with Crippen molar-refractivity contribution >= 4 is 17.7 Å². The smallest absolute Gasteiger partial charge is 0.306 e. The minimum absolute atomic E-state index is 0.267. The lowest BCUT2D eigenvalue weighted by Gasteiger charge is -2.12. The number of aromatic nitrogens is 2. The Morgan fingerprint density at radius 3 is 2.29 bits per heavy atom. The number of rotatable bonds is 8. The number of benzene rings is 1. The molecular formula is C15H18N2O6S. The van der Waals surface area contributed by atoms with Gasteiger partial charge in [-0.2, -0.15) is 0 Å². The zero-order valence-electron chi connectivity index (χ0n) is 13.8. The highest BCUT2D eigenvalue weighted by molar-refractivity contribution is 7.99. The third-order valence-electron chi connectivity index (χ3n) is 3.08. The van der Waals surface area contributed by atoms with Gasteiger partial charge in [0, 0.05) is 11.3 Å². The summed E-state index contributed by atoms with van der Waals surface area (Å²) < 4.78 is 26.0. The molecule has 0 bridgehead atoms. The molecule has 0 saturated carbocycles. The van der Waals surface area contributed by atoms with E-state index in [1.54, 1.807) is 12.1 Å². The highest BCUT2D eigenvalue weighted by Crippen LogP contribution is 2.41. The molecule has 1 aromatic heterocycles. The number of esters is 1. The number of carbonyl (C=O) groups excluding carboxylic acids is 1. The normalized spacial score (nSPS) is 10.3. The first-order valence-electron chi connectivity index (χ1n) is 6.96. The van der Waals surface area contributed by atoms with Crippen LogP contribution in [0.3, 0.4) is 0 Å². The summed E-state index contributed by atoms with van der Waals surface area (Å²) in [4.78, 5) is 11.1. The fourth-order valence-electron chi connectivity index (χ4n) is 1.91. The predicted molar refractivity (Wildman–Crippen MR) is 86.7 cm³/mol. The summed E-state index contributed by atoms with van der Waals surface area (Å²) in [7, 11) is 5.94. The number of thioether (sulfide) groups is 1. The van der Waals surface area contributed by atoms with Crippen molar-refractivity contribution in [1.82, 2.24) is 10.2 Å². The van der Waals surface area contributed by atoms with E-state index in [9.17, 15) is 4.79 Å². The Labute approximate surface area is 143 Å². The van der Waals surface area contributed by atoms with Crippen LogP contribution in [0, 0.1) is 0 Å². The molecule has 0 saturated heterocycles. The van der Waals surface area contributed by atoms with Crippen molar-refractivity contribution in [2.24, 2.45) is 0 Å². The van der Waals surface area contributed by atoms with E-state index in [0.29, 0.717) is 39.7 Å². The number of methoxy groups -OCH3 is 4. The number of hydrogen-bond acceptors (Lipinski definition) is 9. The van der Waals surface area contributed by atoms with Crippen molar-refractivity contribution in [3.05, 3.63) is 12.1 Å². The molecule has 1 heterocycles. The molecule has 8 nitrogen and oxygen atoms in total. The fraction of sp³-hybridized carbons (Fsp3) is 0.400. The molecule has 24 heavy (non-hydrogen) atoms. The Kier molecular flexibility index (Phi) is 6.30. The van der Waals surface area contributed by atoms with Gasteiger partial charge in [0.2, 0.25) is 11.6 Å². The molecule has 1 aromatic carbocycles. The molecule has 0 spiro atoms. The first-order chi connectivity index (χ1) is 11.6. The summed E-state index contributed by atoms with van der Waals surface area (Å²) in [5.41, 5.74) is 0.636. The molecule has 0 amide bonds. The number of hydrogen-bond donors (Lipinski definition) is 0. The Hall–Kier alpha value is -2.42. The van der Waals surface area contributed by atoms with Crippen molar-refractivity contribution in [1.29, 1.82) is 0 Å². The van der Waals surface area contributed by atoms with Crippen LogP contribution in [-0.4, -0.2) is 50.4 Å². The zero-order valence-corrected chi connectivity index (χ0v) is 14.6. The van der Waals surface area contributed by atoms with Gasteiger partial charge in [-0.1, -0.05) is 11.8 Å². The highest BCUT2D eigenvalue weighted by Gasteiger charge is 2.17. The Bertz CT molecular complexity index is 678. The van der Waals surface area contributed by atoms with Crippen molar-refractivity contribution in [2.75, 3.05) is 34.2 Å². The van der Waals surface area contributed by atoms with Crippen LogP contribution in [0.5, 0.6) is 17.2 Å². The van der Waals surface area contributed by atoms with Gasteiger partial charge in [-0.3, -0.25) is 4.79 Å². The quantitative estimate of drug-likeness (QED) is 0.523. The van der Waals surface area contributed by atoms with Gasteiger partial charge in [-0.05, 0) is 12.1 Å². The van der Waals surface area contributed by atoms with Crippen LogP contribution in [0.15, 0.2) is 21.8 Å². The van der Waals surface area contributed by atoms with Gasteiger partial charge in [0.15, 0.2) is 11.5 Å². The minimum Gasteiger partial charge on any atom is -0.493 e. The molecule has 0 aliphatic carbocycles. The van der Waals surface area contributed by atoms with Gasteiger partial charge in [-0.25, -0.2) is 0 Å². The molecule has 9 heteroatoms. The molecule has 0 radical (unpaired) electrons. The molecule has 0 unspecified atom stereocenters. The van der Waals surface area contributed by atoms with Crippen molar-refractivity contribution in [3.63, 3.8) is 0 Å². The first-order valence-corrected chi connectivity index (χ1v) is 7.95. The molecule has 2 rings (SSSR count). The van der Waals surface area contributed by atoms with Crippen LogP contribution in [0.1, 0.15) is 6.42 Å². The van der Waals surface area contributed by atoms with Crippen LogP contribution < -0.4 is 14.2 Å². The molecular weight excluding hydrogens is 336 g/mol. The van der Waals surface area contributed by atoms with Gasteiger partial charge < -0.3 is 23.4 Å². The second-order valence-electron chi connectivity index (χ2n) is 4.46. The maximum absolute atomic E-state index is 11.1. The number of nitrogens with zero attached hydrogens (tertiary/aromatic N) is 2. The van der Waals surface area contributed by atoms with Crippen LogP contribution in [0.25, 0.3) is 11.5 Å². The van der Waals surface area contributed by atoms with Gasteiger partial charge in [0.05, 0.1) is 34.9 Å². The second kappa shape index (κ2) is 8.44. The first kappa shape index (κ1) is 17.9. The minimum atomic E-state index is -0.285.